The molecule has 0 atom stereocenters. The van der Waals surface area contributed by atoms with Gasteiger partial charge in [-0.3, -0.25) is 10.2 Å². The summed E-state index contributed by atoms with van der Waals surface area (Å²) in [5.41, 5.74) is 4.02. The highest BCUT2D eigenvalue weighted by atomic mass is 32.1. The molecule has 1 aliphatic carbocycles. The Hall–Kier alpha value is -2.15. The number of nitrogens with zero attached hydrogens (tertiary/aromatic N) is 1. The van der Waals surface area contributed by atoms with E-state index < -0.39 is 11.6 Å². The van der Waals surface area contributed by atoms with Gasteiger partial charge in [-0.2, -0.15) is 5.01 Å². The van der Waals surface area contributed by atoms with Gasteiger partial charge in [-0.05, 0) is 48.7 Å². The smallest absolute Gasteiger partial charge is 0.331 e. The lowest BCUT2D eigenvalue weighted by Crippen LogP contribution is -2.51. The molecule has 1 aromatic rings. The molecular formula is C18H24N4O2S. The number of nitrogens with one attached hydrogen (secondary N) is 3. The molecule has 6 nitrogen and oxygen atoms in total. The summed E-state index contributed by atoms with van der Waals surface area (Å²) in [6.07, 6.45) is 4.37. The lowest BCUT2D eigenvalue weighted by molar-refractivity contribution is -0.133. The van der Waals surface area contributed by atoms with E-state index in [0.29, 0.717) is 18.8 Å². The van der Waals surface area contributed by atoms with Crippen LogP contribution in [-0.4, -0.2) is 27.6 Å². The molecule has 1 heterocycles. The van der Waals surface area contributed by atoms with Gasteiger partial charge in [-0.15, -0.1) is 0 Å². The van der Waals surface area contributed by atoms with Crippen LogP contribution in [0.5, 0.6) is 0 Å². The summed E-state index contributed by atoms with van der Waals surface area (Å²) in [7, 11) is 0. The predicted molar refractivity (Wildman–Crippen MR) is 101 cm³/mol. The highest BCUT2D eigenvalue weighted by molar-refractivity contribution is 7.80. The Labute approximate surface area is 153 Å². The van der Waals surface area contributed by atoms with E-state index in [4.69, 9.17) is 12.2 Å². The van der Waals surface area contributed by atoms with Crippen molar-refractivity contribution in [3.63, 3.8) is 0 Å². The number of rotatable bonds is 3. The molecule has 2 aliphatic rings. The fourth-order valence-corrected chi connectivity index (χ4v) is 3.64. The van der Waals surface area contributed by atoms with Crippen LogP contribution in [0.1, 0.15) is 57.4 Å². The minimum absolute atomic E-state index is 0.216. The summed E-state index contributed by atoms with van der Waals surface area (Å²) in [5.74, 6) is 0.216. The lowest BCUT2D eigenvalue weighted by Gasteiger charge is -2.30. The molecule has 1 saturated heterocycles. The number of imide groups is 1. The van der Waals surface area contributed by atoms with Gasteiger partial charge >= 0.3 is 6.03 Å². The first-order valence-corrected chi connectivity index (χ1v) is 9.16. The van der Waals surface area contributed by atoms with Gasteiger partial charge in [0.1, 0.15) is 5.54 Å². The van der Waals surface area contributed by atoms with E-state index in [1.165, 1.54) is 5.56 Å². The van der Waals surface area contributed by atoms with Crippen LogP contribution in [0.2, 0.25) is 0 Å². The van der Waals surface area contributed by atoms with E-state index in [1.54, 1.807) is 0 Å². The summed E-state index contributed by atoms with van der Waals surface area (Å²) in [5, 5.41) is 7.08. The van der Waals surface area contributed by atoms with Crippen molar-refractivity contribution in [3.05, 3.63) is 29.8 Å². The fourth-order valence-electron chi connectivity index (χ4n) is 3.43. The molecule has 1 saturated carbocycles. The first-order valence-electron chi connectivity index (χ1n) is 8.76. The summed E-state index contributed by atoms with van der Waals surface area (Å²) in [6, 6.07) is 7.47. The van der Waals surface area contributed by atoms with E-state index in [9.17, 15) is 9.59 Å². The molecule has 1 spiro atoms. The monoisotopic (exact) mass is 360 g/mol. The van der Waals surface area contributed by atoms with E-state index in [0.717, 1.165) is 30.0 Å². The second-order valence-corrected chi connectivity index (χ2v) is 7.46. The molecule has 134 valence electrons. The largest absolute Gasteiger partial charge is 0.344 e. The average molecular weight is 360 g/mol. The SMILES string of the molecule is CC(C)c1ccc(NC(=S)NN2C(=O)NC3(CCCCC3)C2=O)cc1. The number of urea groups is 1. The molecule has 7 heteroatoms. The van der Waals surface area contributed by atoms with E-state index in [2.05, 4.69) is 29.9 Å². The second kappa shape index (κ2) is 7.00. The van der Waals surface area contributed by atoms with Crippen molar-refractivity contribution in [2.45, 2.75) is 57.4 Å². The Morgan fingerprint density at radius 2 is 1.80 bits per heavy atom. The van der Waals surface area contributed by atoms with Crippen LogP contribution in [0, 0.1) is 0 Å². The number of hydrogen-bond acceptors (Lipinski definition) is 3. The minimum atomic E-state index is -0.753. The number of amides is 3. The number of hydrogen-bond donors (Lipinski definition) is 3. The maximum absolute atomic E-state index is 12.7. The standard InChI is InChI=1S/C18H24N4O2S/c1-12(2)13-6-8-14(9-7-13)19-16(25)21-22-15(23)18(20-17(22)24)10-4-3-5-11-18/h6-9,12H,3-5,10-11H2,1-2H3,(H,20,24)(H2,19,21,25). The number of thiocarbonyl (C=S) groups is 1. The van der Waals surface area contributed by atoms with Crippen molar-refractivity contribution >= 4 is 35.0 Å². The third kappa shape index (κ3) is 3.61. The molecular weight excluding hydrogens is 336 g/mol. The van der Waals surface area contributed by atoms with Gasteiger partial charge in [0.2, 0.25) is 0 Å². The summed E-state index contributed by atoms with van der Waals surface area (Å²) < 4.78 is 0. The van der Waals surface area contributed by atoms with E-state index in [1.807, 2.05) is 24.3 Å². The molecule has 3 rings (SSSR count). The molecule has 0 aromatic heterocycles. The first-order chi connectivity index (χ1) is 11.9. The van der Waals surface area contributed by atoms with Crippen molar-refractivity contribution in [3.8, 4) is 0 Å². The van der Waals surface area contributed by atoms with Crippen LogP contribution < -0.4 is 16.1 Å². The Balaban J connectivity index is 1.62. The first kappa shape index (κ1) is 17.7. The summed E-state index contributed by atoms with van der Waals surface area (Å²) in [6.45, 7) is 4.26. The highest BCUT2D eigenvalue weighted by Crippen LogP contribution is 2.33. The van der Waals surface area contributed by atoms with Gasteiger partial charge in [-0.1, -0.05) is 45.2 Å². The van der Waals surface area contributed by atoms with Gasteiger partial charge < -0.3 is 10.6 Å². The van der Waals surface area contributed by atoms with E-state index >= 15 is 0 Å². The molecule has 3 N–H and O–H groups in total. The number of anilines is 1. The quantitative estimate of drug-likeness (QED) is 0.570. The van der Waals surface area contributed by atoms with Gasteiger partial charge in [0.05, 0.1) is 0 Å². The zero-order valence-electron chi connectivity index (χ0n) is 14.6. The molecule has 3 amide bonds. The molecule has 1 aliphatic heterocycles. The van der Waals surface area contributed by atoms with Crippen LogP contribution in [0.3, 0.4) is 0 Å². The Bertz CT molecular complexity index is 681. The van der Waals surface area contributed by atoms with Crippen LogP contribution in [0.25, 0.3) is 0 Å². The molecule has 0 unspecified atom stereocenters. The Morgan fingerprint density at radius 1 is 1.16 bits per heavy atom. The van der Waals surface area contributed by atoms with Gasteiger partial charge in [0, 0.05) is 5.69 Å². The third-order valence-electron chi connectivity index (χ3n) is 4.92. The van der Waals surface area contributed by atoms with Crippen molar-refractivity contribution < 1.29 is 9.59 Å². The Kier molecular flexibility index (Phi) is 4.94. The summed E-state index contributed by atoms with van der Waals surface area (Å²) >= 11 is 5.26. The molecule has 0 radical (unpaired) electrons. The van der Waals surface area contributed by atoms with E-state index in [-0.39, 0.29) is 11.0 Å². The second-order valence-electron chi connectivity index (χ2n) is 7.06. The number of carbonyl (C=O) groups excluding carboxylic acids is 2. The van der Waals surface area contributed by atoms with Gasteiger partial charge in [0.25, 0.3) is 5.91 Å². The van der Waals surface area contributed by atoms with Crippen LogP contribution in [-0.2, 0) is 4.79 Å². The maximum atomic E-state index is 12.7. The van der Waals surface area contributed by atoms with Crippen molar-refractivity contribution in [1.82, 2.24) is 15.8 Å². The maximum Gasteiger partial charge on any atom is 0.344 e. The predicted octanol–water partition coefficient (Wildman–Crippen LogP) is 3.27. The van der Waals surface area contributed by atoms with Crippen LogP contribution in [0.15, 0.2) is 24.3 Å². The fraction of sp³-hybridized carbons (Fsp3) is 0.500. The highest BCUT2D eigenvalue weighted by Gasteiger charge is 2.51. The minimum Gasteiger partial charge on any atom is -0.331 e. The Morgan fingerprint density at radius 3 is 2.40 bits per heavy atom. The number of benzene rings is 1. The number of hydrazine groups is 1. The van der Waals surface area contributed by atoms with Gasteiger partial charge in [-0.25, -0.2) is 4.79 Å². The molecule has 25 heavy (non-hydrogen) atoms. The van der Waals surface area contributed by atoms with Crippen LogP contribution >= 0.6 is 12.2 Å². The molecule has 1 aromatic carbocycles. The number of carbonyl (C=O) groups is 2. The van der Waals surface area contributed by atoms with Gasteiger partial charge in [0.15, 0.2) is 5.11 Å². The zero-order chi connectivity index (χ0) is 18.0. The lowest BCUT2D eigenvalue weighted by atomic mass is 9.82. The van der Waals surface area contributed by atoms with Crippen LogP contribution in [0.4, 0.5) is 10.5 Å². The van der Waals surface area contributed by atoms with Crippen molar-refractivity contribution in [1.29, 1.82) is 0 Å². The van der Waals surface area contributed by atoms with Crippen molar-refractivity contribution in [2.75, 3.05) is 5.32 Å². The zero-order valence-corrected chi connectivity index (χ0v) is 15.4. The molecule has 0 bridgehead atoms. The topological polar surface area (TPSA) is 73.5 Å². The summed E-state index contributed by atoms with van der Waals surface area (Å²) in [4.78, 5) is 24.9. The molecule has 2 fully saturated rings. The average Bonchev–Trinajstić information content (AvgIpc) is 2.80. The third-order valence-corrected chi connectivity index (χ3v) is 5.11. The normalized spacial score (nSPS) is 19.2. The van der Waals surface area contributed by atoms with Crippen molar-refractivity contribution in [2.24, 2.45) is 0 Å².